The standard InChI is InChI=1S/C20H29N5O/c1-4-5-17-13-20(24-15(2)23-17)25-10-7-16(8-11-25)22-14-18-12-19(26-3)6-9-21-18/h6,9,12-13,16,22H,4-5,7-8,10-11,14H2,1-3H3. The summed E-state index contributed by atoms with van der Waals surface area (Å²) in [4.78, 5) is 16.0. The predicted octanol–water partition coefficient (Wildman–Crippen LogP) is 2.90. The zero-order valence-electron chi connectivity index (χ0n) is 16.0. The number of piperidine rings is 1. The summed E-state index contributed by atoms with van der Waals surface area (Å²) >= 11 is 0. The summed E-state index contributed by atoms with van der Waals surface area (Å²) in [6.07, 6.45) is 6.14. The van der Waals surface area contributed by atoms with Gasteiger partial charge in [0.2, 0.25) is 0 Å². The molecule has 0 atom stereocenters. The summed E-state index contributed by atoms with van der Waals surface area (Å²) in [6, 6.07) is 6.53. The van der Waals surface area contributed by atoms with E-state index in [4.69, 9.17) is 4.74 Å². The summed E-state index contributed by atoms with van der Waals surface area (Å²) < 4.78 is 5.26. The third-order valence-corrected chi connectivity index (χ3v) is 4.80. The minimum Gasteiger partial charge on any atom is -0.497 e. The topological polar surface area (TPSA) is 63.2 Å². The number of methoxy groups -OCH3 is 1. The van der Waals surface area contributed by atoms with E-state index in [1.54, 1.807) is 13.3 Å². The Morgan fingerprint density at radius 3 is 2.73 bits per heavy atom. The summed E-state index contributed by atoms with van der Waals surface area (Å²) in [7, 11) is 1.68. The first-order valence-electron chi connectivity index (χ1n) is 9.49. The second-order valence-corrected chi connectivity index (χ2v) is 6.84. The van der Waals surface area contributed by atoms with E-state index in [1.165, 1.54) is 0 Å². The molecule has 26 heavy (non-hydrogen) atoms. The van der Waals surface area contributed by atoms with E-state index < -0.39 is 0 Å². The Labute approximate surface area is 156 Å². The van der Waals surface area contributed by atoms with Gasteiger partial charge in [0.05, 0.1) is 12.8 Å². The van der Waals surface area contributed by atoms with E-state index in [-0.39, 0.29) is 0 Å². The van der Waals surface area contributed by atoms with Crippen LogP contribution >= 0.6 is 0 Å². The lowest BCUT2D eigenvalue weighted by molar-refractivity contribution is 0.404. The van der Waals surface area contributed by atoms with Crippen molar-refractivity contribution in [3.8, 4) is 5.75 Å². The van der Waals surface area contributed by atoms with E-state index in [9.17, 15) is 0 Å². The molecule has 6 heteroatoms. The molecule has 6 nitrogen and oxygen atoms in total. The third-order valence-electron chi connectivity index (χ3n) is 4.80. The first-order valence-corrected chi connectivity index (χ1v) is 9.49. The van der Waals surface area contributed by atoms with Crippen LogP contribution < -0.4 is 15.0 Å². The molecule has 0 bridgehead atoms. The second kappa shape index (κ2) is 8.94. The van der Waals surface area contributed by atoms with Gasteiger partial charge in [-0.2, -0.15) is 0 Å². The van der Waals surface area contributed by atoms with Crippen LogP contribution in [0.25, 0.3) is 0 Å². The van der Waals surface area contributed by atoms with Crippen LogP contribution in [0.3, 0.4) is 0 Å². The maximum Gasteiger partial charge on any atom is 0.132 e. The van der Waals surface area contributed by atoms with Crippen molar-refractivity contribution >= 4 is 5.82 Å². The average Bonchev–Trinajstić information content (AvgIpc) is 2.67. The smallest absolute Gasteiger partial charge is 0.132 e. The van der Waals surface area contributed by atoms with Gasteiger partial charge in [-0.3, -0.25) is 4.98 Å². The number of nitrogens with one attached hydrogen (secondary N) is 1. The van der Waals surface area contributed by atoms with Crippen molar-refractivity contribution in [2.24, 2.45) is 0 Å². The molecule has 140 valence electrons. The van der Waals surface area contributed by atoms with Crippen LogP contribution in [0.4, 0.5) is 5.82 Å². The number of ether oxygens (including phenoxy) is 1. The molecule has 1 N–H and O–H groups in total. The number of rotatable bonds is 7. The molecule has 0 aromatic carbocycles. The van der Waals surface area contributed by atoms with Crippen molar-refractivity contribution in [3.63, 3.8) is 0 Å². The molecule has 0 unspecified atom stereocenters. The molecule has 2 aromatic heterocycles. The van der Waals surface area contributed by atoms with Gasteiger partial charge in [0.15, 0.2) is 0 Å². The van der Waals surface area contributed by atoms with Crippen LogP contribution in [0.15, 0.2) is 24.4 Å². The number of hydrogen-bond donors (Lipinski definition) is 1. The Balaban J connectivity index is 1.52. The van der Waals surface area contributed by atoms with Crippen molar-refractivity contribution in [1.29, 1.82) is 0 Å². The number of pyridine rings is 1. The lowest BCUT2D eigenvalue weighted by Gasteiger charge is -2.33. The van der Waals surface area contributed by atoms with Crippen LogP contribution in [0.5, 0.6) is 5.75 Å². The fourth-order valence-corrected chi connectivity index (χ4v) is 3.40. The van der Waals surface area contributed by atoms with Crippen molar-refractivity contribution in [3.05, 3.63) is 41.6 Å². The zero-order chi connectivity index (χ0) is 18.4. The molecule has 0 saturated carbocycles. The van der Waals surface area contributed by atoms with Gasteiger partial charge in [-0.05, 0) is 32.3 Å². The van der Waals surface area contributed by atoms with Gasteiger partial charge in [-0.25, -0.2) is 9.97 Å². The Morgan fingerprint density at radius 2 is 2.00 bits per heavy atom. The second-order valence-electron chi connectivity index (χ2n) is 6.84. The van der Waals surface area contributed by atoms with Gasteiger partial charge >= 0.3 is 0 Å². The Kier molecular flexibility index (Phi) is 6.39. The van der Waals surface area contributed by atoms with Gasteiger partial charge in [-0.15, -0.1) is 0 Å². The van der Waals surface area contributed by atoms with Crippen LogP contribution in [0, 0.1) is 6.92 Å². The Hall–Kier alpha value is -2.21. The highest BCUT2D eigenvalue weighted by molar-refractivity contribution is 5.40. The lowest BCUT2D eigenvalue weighted by atomic mass is 10.0. The molecule has 1 saturated heterocycles. The number of aryl methyl sites for hydroxylation is 2. The van der Waals surface area contributed by atoms with E-state index in [0.29, 0.717) is 6.04 Å². The van der Waals surface area contributed by atoms with Crippen LogP contribution in [-0.4, -0.2) is 41.2 Å². The highest BCUT2D eigenvalue weighted by Gasteiger charge is 2.20. The van der Waals surface area contributed by atoms with Crippen molar-refractivity contribution in [2.45, 2.75) is 52.1 Å². The Bertz CT molecular complexity index is 713. The fourth-order valence-electron chi connectivity index (χ4n) is 3.40. The molecule has 1 fully saturated rings. The van der Waals surface area contributed by atoms with Crippen molar-refractivity contribution < 1.29 is 4.74 Å². The number of hydrogen-bond acceptors (Lipinski definition) is 6. The third kappa shape index (κ3) is 4.91. The monoisotopic (exact) mass is 355 g/mol. The van der Waals surface area contributed by atoms with Crippen molar-refractivity contribution in [2.75, 3.05) is 25.1 Å². The number of anilines is 1. The molecule has 0 spiro atoms. The van der Waals surface area contributed by atoms with E-state index in [0.717, 1.165) is 74.1 Å². The van der Waals surface area contributed by atoms with Crippen molar-refractivity contribution in [1.82, 2.24) is 20.3 Å². The van der Waals surface area contributed by atoms with Gasteiger partial charge in [0.1, 0.15) is 17.4 Å². The number of aromatic nitrogens is 3. The largest absolute Gasteiger partial charge is 0.497 e. The zero-order valence-corrected chi connectivity index (χ0v) is 16.0. The maximum atomic E-state index is 5.26. The minimum atomic E-state index is 0.511. The molecule has 0 aliphatic carbocycles. The SMILES string of the molecule is CCCc1cc(N2CCC(NCc3cc(OC)ccn3)CC2)nc(C)n1. The average molecular weight is 355 g/mol. The fraction of sp³-hybridized carbons (Fsp3) is 0.550. The van der Waals surface area contributed by atoms with E-state index >= 15 is 0 Å². The summed E-state index contributed by atoms with van der Waals surface area (Å²) in [5, 5.41) is 3.63. The summed E-state index contributed by atoms with van der Waals surface area (Å²) in [6.45, 7) is 6.98. The van der Waals surface area contributed by atoms with E-state index in [1.807, 2.05) is 19.1 Å². The highest BCUT2D eigenvalue weighted by atomic mass is 16.5. The molecule has 1 aliphatic rings. The van der Waals surface area contributed by atoms with Crippen LogP contribution in [0.1, 0.15) is 43.4 Å². The normalized spacial score (nSPS) is 15.3. The molecular weight excluding hydrogens is 326 g/mol. The lowest BCUT2D eigenvalue weighted by Crippen LogP contribution is -2.42. The molecule has 3 rings (SSSR count). The predicted molar refractivity (Wildman–Crippen MR) is 104 cm³/mol. The number of nitrogens with zero attached hydrogens (tertiary/aromatic N) is 4. The summed E-state index contributed by atoms with van der Waals surface area (Å²) in [5.74, 6) is 2.80. The van der Waals surface area contributed by atoms with Gasteiger partial charge < -0.3 is 15.0 Å². The molecule has 2 aromatic rings. The molecule has 1 aliphatic heterocycles. The van der Waals surface area contributed by atoms with Crippen LogP contribution in [0.2, 0.25) is 0 Å². The summed E-state index contributed by atoms with van der Waals surface area (Å²) in [5.41, 5.74) is 2.17. The maximum absolute atomic E-state index is 5.26. The van der Waals surface area contributed by atoms with Gasteiger partial charge in [-0.1, -0.05) is 13.3 Å². The molecular formula is C20H29N5O. The first-order chi connectivity index (χ1) is 12.7. The van der Waals surface area contributed by atoms with Gasteiger partial charge in [0, 0.05) is 49.7 Å². The molecule has 0 amide bonds. The molecule has 3 heterocycles. The van der Waals surface area contributed by atoms with Crippen LogP contribution in [-0.2, 0) is 13.0 Å². The van der Waals surface area contributed by atoms with Gasteiger partial charge in [0.25, 0.3) is 0 Å². The molecule has 0 radical (unpaired) electrons. The quantitative estimate of drug-likeness (QED) is 0.824. The van der Waals surface area contributed by atoms with E-state index in [2.05, 4.69) is 38.2 Å². The minimum absolute atomic E-state index is 0.511. The Morgan fingerprint density at radius 1 is 1.19 bits per heavy atom. The highest BCUT2D eigenvalue weighted by Crippen LogP contribution is 2.20. The first kappa shape index (κ1) is 18.6.